The van der Waals surface area contributed by atoms with E-state index >= 15 is 0 Å². The summed E-state index contributed by atoms with van der Waals surface area (Å²) in [5.74, 6) is 0.768. The van der Waals surface area contributed by atoms with E-state index in [1.54, 1.807) is 0 Å². The van der Waals surface area contributed by atoms with Gasteiger partial charge in [0.25, 0.3) is 0 Å². The molecule has 0 spiro atoms. The van der Waals surface area contributed by atoms with Crippen LogP contribution in [0.5, 0.6) is 0 Å². The molecule has 0 aliphatic rings. The molecule has 0 saturated carbocycles. The molecule has 1 aromatic carbocycles. The Balaban J connectivity index is 2.25. The molecule has 112 valence electrons. The molecule has 1 unspecified atom stereocenters. The van der Waals surface area contributed by atoms with Crippen molar-refractivity contribution in [1.29, 1.82) is 0 Å². The molecule has 2 rings (SSSR count). The van der Waals surface area contributed by atoms with Crippen LogP contribution < -0.4 is 10.2 Å². The van der Waals surface area contributed by atoms with Crippen molar-refractivity contribution in [2.75, 3.05) is 19.0 Å². The fourth-order valence-electron chi connectivity index (χ4n) is 2.20. The number of anilines is 1. The summed E-state index contributed by atoms with van der Waals surface area (Å²) >= 11 is 12.4. The smallest absolute Gasteiger partial charge is 0.147 e. The van der Waals surface area contributed by atoms with Crippen molar-refractivity contribution in [2.24, 2.45) is 0 Å². The zero-order valence-corrected chi connectivity index (χ0v) is 13.9. The van der Waals surface area contributed by atoms with Crippen molar-refractivity contribution in [1.82, 2.24) is 10.3 Å². The summed E-state index contributed by atoms with van der Waals surface area (Å²) in [7, 11) is 3.88. The van der Waals surface area contributed by atoms with E-state index < -0.39 is 0 Å². The molecule has 0 bridgehead atoms. The van der Waals surface area contributed by atoms with Gasteiger partial charge in [-0.05, 0) is 43.3 Å². The number of nitrogens with zero attached hydrogens (tertiary/aromatic N) is 2. The van der Waals surface area contributed by atoms with Gasteiger partial charge in [0.1, 0.15) is 5.82 Å². The van der Waals surface area contributed by atoms with Crippen molar-refractivity contribution >= 4 is 29.0 Å². The average Bonchev–Trinajstić information content (AvgIpc) is 2.46. The van der Waals surface area contributed by atoms with E-state index in [9.17, 15) is 0 Å². The van der Waals surface area contributed by atoms with E-state index in [2.05, 4.69) is 28.2 Å². The maximum Gasteiger partial charge on any atom is 0.147 e. The molecule has 0 aliphatic carbocycles. The van der Waals surface area contributed by atoms with Crippen molar-refractivity contribution in [3.05, 3.63) is 57.7 Å². The minimum absolute atomic E-state index is 0.129. The molecule has 1 N–H and O–H groups in total. The number of aromatic nitrogens is 1. The van der Waals surface area contributed by atoms with Gasteiger partial charge in [0.05, 0.1) is 11.1 Å². The van der Waals surface area contributed by atoms with Crippen LogP contribution in [0.2, 0.25) is 10.0 Å². The van der Waals surface area contributed by atoms with E-state index in [4.69, 9.17) is 23.2 Å². The quantitative estimate of drug-likeness (QED) is 0.888. The van der Waals surface area contributed by atoms with E-state index in [1.165, 1.54) is 0 Å². The summed E-state index contributed by atoms with van der Waals surface area (Å²) < 4.78 is 0. The van der Waals surface area contributed by atoms with Crippen molar-refractivity contribution in [3.8, 4) is 0 Å². The zero-order chi connectivity index (χ0) is 15.4. The fourth-order valence-corrected chi connectivity index (χ4v) is 2.73. The van der Waals surface area contributed by atoms with Crippen LogP contribution in [0, 0.1) is 0 Å². The number of rotatable bonds is 5. The molecule has 0 fully saturated rings. The minimum atomic E-state index is 0.129. The molecule has 1 aromatic heterocycles. The van der Waals surface area contributed by atoms with E-state index in [-0.39, 0.29) is 6.04 Å². The van der Waals surface area contributed by atoms with Gasteiger partial charge < -0.3 is 10.2 Å². The van der Waals surface area contributed by atoms with Gasteiger partial charge >= 0.3 is 0 Å². The second-order valence-electron chi connectivity index (χ2n) is 5.02. The molecule has 2 aromatic rings. The van der Waals surface area contributed by atoms with Gasteiger partial charge in [0, 0.05) is 24.8 Å². The molecule has 0 aliphatic heterocycles. The Morgan fingerprint density at radius 2 is 2.05 bits per heavy atom. The van der Waals surface area contributed by atoms with Gasteiger partial charge in [-0.1, -0.05) is 35.3 Å². The first kappa shape index (κ1) is 16.1. The third-order valence-corrected chi connectivity index (χ3v) is 4.02. The maximum absolute atomic E-state index is 6.36. The number of hydrogen-bond acceptors (Lipinski definition) is 3. The standard InChI is InChI=1S/C16H19Cl2N3/c1-11(13-5-4-6-14(17)8-13)21(3)16-15(18)7-12(9-19-2)10-20-16/h4-8,10-11,19H,9H2,1-3H3. The maximum atomic E-state index is 6.36. The predicted octanol–water partition coefficient (Wildman–Crippen LogP) is 4.31. The van der Waals surface area contributed by atoms with Gasteiger partial charge in [-0.3, -0.25) is 0 Å². The Bertz CT molecular complexity index is 616. The molecule has 0 saturated heterocycles. The number of benzene rings is 1. The first-order valence-electron chi connectivity index (χ1n) is 6.80. The molecular weight excluding hydrogens is 305 g/mol. The summed E-state index contributed by atoms with van der Waals surface area (Å²) in [6, 6.07) is 9.91. The van der Waals surface area contributed by atoms with Crippen molar-refractivity contribution in [2.45, 2.75) is 19.5 Å². The van der Waals surface area contributed by atoms with E-state index in [0.29, 0.717) is 5.02 Å². The minimum Gasteiger partial charge on any atom is -0.352 e. The topological polar surface area (TPSA) is 28.2 Å². The van der Waals surface area contributed by atoms with Crippen LogP contribution in [-0.4, -0.2) is 19.1 Å². The molecular formula is C16H19Cl2N3. The third kappa shape index (κ3) is 3.88. The Labute approximate surface area is 135 Å². The molecule has 5 heteroatoms. The second-order valence-corrected chi connectivity index (χ2v) is 5.86. The van der Waals surface area contributed by atoms with E-state index in [0.717, 1.165) is 28.5 Å². The Kier molecular flexibility index (Phi) is 5.45. The molecule has 1 atom stereocenters. The molecule has 1 heterocycles. The Morgan fingerprint density at radius 1 is 1.29 bits per heavy atom. The highest BCUT2D eigenvalue weighted by Gasteiger charge is 2.16. The van der Waals surface area contributed by atoms with E-state index in [1.807, 2.05) is 44.6 Å². The highest BCUT2D eigenvalue weighted by Crippen LogP contribution is 2.30. The lowest BCUT2D eigenvalue weighted by atomic mass is 10.1. The molecule has 3 nitrogen and oxygen atoms in total. The third-order valence-electron chi connectivity index (χ3n) is 3.51. The van der Waals surface area contributed by atoms with Gasteiger partial charge in [-0.25, -0.2) is 4.98 Å². The summed E-state index contributed by atoms with van der Waals surface area (Å²) in [6.07, 6.45) is 1.85. The Morgan fingerprint density at radius 3 is 2.67 bits per heavy atom. The van der Waals surface area contributed by atoms with Gasteiger partial charge in [0.2, 0.25) is 0 Å². The van der Waals surface area contributed by atoms with Gasteiger partial charge in [-0.15, -0.1) is 0 Å². The molecule has 0 radical (unpaired) electrons. The SMILES string of the molecule is CNCc1cnc(N(C)C(C)c2cccc(Cl)c2)c(Cl)c1. The summed E-state index contributed by atoms with van der Waals surface area (Å²) in [5.41, 5.74) is 2.19. The fraction of sp³-hybridized carbons (Fsp3) is 0.312. The van der Waals surface area contributed by atoms with Crippen LogP contribution in [-0.2, 0) is 6.54 Å². The average molecular weight is 324 g/mol. The van der Waals surface area contributed by atoms with Crippen molar-refractivity contribution < 1.29 is 0 Å². The number of hydrogen-bond donors (Lipinski definition) is 1. The van der Waals surface area contributed by atoms with Crippen molar-refractivity contribution in [3.63, 3.8) is 0 Å². The highest BCUT2D eigenvalue weighted by molar-refractivity contribution is 6.33. The lowest BCUT2D eigenvalue weighted by molar-refractivity contribution is 0.727. The first-order chi connectivity index (χ1) is 10.0. The first-order valence-corrected chi connectivity index (χ1v) is 7.56. The van der Waals surface area contributed by atoms with Crippen LogP contribution in [0.3, 0.4) is 0 Å². The number of halogens is 2. The summed E-state index contributed by atoms with van der Waals surface area (Å²) in [6.45, 7) is 2.85. The Hall–Kier alpha value is -1.29. The van der Waals surface area contributed by atoms with Crippen LogP contribution in [0.15, 0.2) is 36.5 Å². The zero-order valence-electron chi connectivity index (χ0n) is 12.4. The van der Waals surface area contributed by atoms with Crippen LogP contribution >= 0.6 is 23.2 Å². The molecule has 21 heavy (non-hydrogen) atoms. The van der Waals surface area contributed by atoms with Crippen LogP contribution in [0.25, 0.3) is 0 Å². The monoisotopic (exact) mass is 323 g/mol. The lowest BCUT2D eigenvalue weighted by Crippen LogP contribution is -2.23. The van der Waals surface area contributed by atoms with Gasteiger partial charge in [0.15, 0.2) is 0 Å². The normalized spacial score (nSPS) is 12.2. The predicted molar refractivity (Wildman–Crippen MR) is 90.3 cm³/mol. The second kappa shape index (κ2) is 7.12. The van der Waals surface area contributed by atoms with Gasteiger partial charge in [-0.2, -0.15) is 0 Å². The summed E-state index contributed by atoms with van der Waals surface area (Å²) in [4.78, 5) is 6.54. The van der Waals surface area contributed by atoms with Crippen LogP contribution in [0.1, 0.15) is 24.1 Å². The molecule has 0 amide bonds. The van der Waals surface area contributed by atoms with Crippen LogP contribution in [0.4, 0.5) is 5.82 Å². The highest BCUT2D eigenvalue weighted by atomic mass is 35.5. The summed E-state index contributed by atoms with van der Waals surface area (Å²) in [5, 5.41) is 4.47. The lowest BCUT2D eigenvalue weighted by Gasteiger charge is -2.27. The number of pyridine rings is 1. The largest absolute Gasteiger partial charge is 0.352 e. The number of nitrogens with one attached hydrogen (secondary N) is 1.